The molecule has 0 radical (unpaired) electrons. The van der Waals surface area contributed by atoms with Crippen molar-refractivity contribution in [2.24, 2.45) is 0 Å². The van der Waals surface area contributed by atoms with E-state index in [1.807, 2.05) is 24.3 Å². The molecule has 0 bridgehead atoms. The summed E-state index contributed by atoms with van der Waals surface area (Å²) in [4.78, 5) is 25.8. The SMILES string of the molecule is COC(=O)c1sc(-c2cccc(NC3CCN(S(=O)(=O)Cc4ccc(Cl)c(Cl)c4)CC3)c2)c(Br)c1OCC(=O)OC(C)(C)C. The molecule has 0 amide bonds. The molecule has 0 atom stereocenters. The van der Waals surface area contributed by atoms with E-state index in [1.54, 1.807) is 39.0 Å². The van der Waals surface area contributed by atoms with Crippen LogP contribution in [0.1, 0.15) is 48.8 Å². The second-order valence-corrected chi connectivity index (χ2v) is 15.8. The number of esters is 2. The van der Waals surface area contributed by atoms with E-state index in [1.165, 1.54) is 22.8 Å². The van der Waals surface area contributed by atoms with Crippen LogP contribution in [-0.4, -0.2) is 63.1 Å². The first-order valence-corrected chi connectivity index (χ1v) is 17.7. The lowest BCUT2D eigenvalue weighted by atomic mass is 10.1. The molecular weight excluding hydrogens is 715 g/mol. The molecule has 0 saturated carbocycles. The molecule has 2 aromatic carbocycles. The maximum Gasteiger partial charge on any atom is 0.351 e. The third kappa shape index (κ3) is 8.88. The fourth-order valence-corrected chi connectivity index (χ4v) is 8.47. The summed E-state index contributed by atoms with van der Waals surface area (Å²) in [6, 6.07) is 12.6. The van der Waals surface area contributed by atoms with Gasteiger partial charge in [0, 0.05) is 24.8 Å². The van der Waals surface area contributed by atoms with Crippen molar-refractivity contribution in [1.82, 2.24) is 4.31 Å². The topological polar surface area (TPSA) is 111 Å². The molecular formula is C30H33BrCl2N2O7S2. The lowest BCUT2D eigenvalue weighted by molar-refractivity contribution is -0.157. The van der Waals surface area contributed by atoms with Crippen molar-refractivity contribution in [2.75, 3.05) is 32.1 Å². The molecule has 0 aliphatic carbocycles. The van der Waals surface area contributed by atoms with Gasteiger partial charge in [-0.05, 0) is 84.9 Å². The van der Waals surface area contributed by atoms with Crippen LogP contribution in [0.5, 0.6) is 5.75 Å². The Hall–Kier alpha value is -2.35. The minimum Gasteiger partial charge on any atom is -0.479 e. The van der Waals surface area contributed by atoms with E-state index in [2.05, 4.69) is 21.2 Å². The van der Waals surface area contributed by atoms with Crippen LogP contribution in [0, 0.1) is 0 Å². The van der Waals surface area contributed by atoms with Gasteiger partial charge >= 0.3 is 11.9 Å². The van der Waals surface area contributed by atoms with Crippen molar-refractivity contribution in [2.45, 2.75) is 51.0 Å². The molecule has 4 rings (SSSR count). The lowest BCUT2D eigenvalue weighted by Gasteiger charge is -2.32. The molecule has 1 fully saturated rings. The number of piperidine rings is 1. The largest absolute Gasteiger partial charge is 0.479 e. The summed E-state index contributed by atoms with van der Waals surface area (Å²) in [7, 11) is -2.24. The number of carbonyl (C=O) groups is 2. The van der Waals surface area contributed by atoms with Crippen LogP contribution in [0.15, 0.2) is 46.9 Å². The predicted molar refractivity (Wildman–Crippen MR) is 177 cm³/mol. The van der Waals surface area contributed by atoms with Crippen LogP contribution in [0.25, 0.3) is 10.4 Å². The van der Waals surface area contributed by atoms with Gasteiger partial charge in [0.2, 0.25) is 10.0 Å². The molecule has 3 aromatic rings. The summed E-state index contributed by atoms with van der Waals surface area (Å²) in [6.07, 6.45) is 1.26. The average molecular weight is 749 g/mol. The molecule has 1 aromatic heterocycles. The molecule has 238 valence electrons. The number of anilines is 1. The number of nitrogens with zero attached hydrogens (tertiary/aromatic N) is 1. The van der Waals surface area contributed by atoms with E-state index >= 15 is 0 Å². The number of benzene rings is 2. The van der Waals surface area contributed by atoms with Gasteiger partial charge in [0.25, 0.3) is 0 Å². The molecule has 2 heterocycles. The summed E-state index contributed by atoms with van der Waals surface area (Å²) in [5, 5.41) is 4.22. The highest BCUT2D eigenvalue weighted by molar-refractivity contribution is 9.10. The van der Waals surface area contributed by atoms with Crippen LogP contribution in [0.2, 0.25) is 10.0 Å². The number of thiophene rings is 1. The smallest absolute Gasteiger partial charge is 0.351 e. The average Bonchev–Trinajstić information content (AvgIpc) is 3.28. The van der Waals surface area contributed by atoms with E-state index in [4.69, 9.17) is 37.4 Å². The number of methoxy groups -OCH3 is 1. The Labute approximate surface area is 279 Å². The second kappa shape index (κ2) is 14.4. The molecule has 1 N–H and O–H groups in total. The van der Waals surface area contributed by atoms with Crippen LogP contribution >= 0.6 is 50.5 Å². The van der Waals surface area contributed by atoms with Crippen molar-refractivity contribution >= 4 is 78.1 Å². The van der Waals surface area contributed by atoms with Crippen LogP contribution in [0.4, 0.5) is 5.69 Å². The number of halogens is 3. The molecule has 1 aliphatic rings. The number of rotatable bonds is 10. The predicted octanol–water partition coefficient (Wildman–Crippen LogP) is 7.40. The minimum absolute atomic E-state index is 0.0619. The first kappa shape index (κ1) is 34.5. The summed E-state index contributed by atoms with van der Waals surface area (Å²) in [5.74, 6) is -1.09. The standard InChI is InChI=1S/C30H33BrCl2N2O7S2/c1-30(2,3)42-24(36)16-41-26-25(31)27(43-28(26)29(37)40-4)19-6-5-7-21(15-19)34-20-10-12-35(13-11-20)44(38,39)17-18-8-9-22(32)23(33)14-18/h5-9,14-15,20,34H,10-13,16-17H2,1-4H3. The zero-order chi connectivity index (χ0) is 32.2. The molecule has 9 nitrogen and oxygen atoms in total. The minimum atomic E-state index is -3.52. The Kier molecular flexibility index (Phi) is 11.3. The number of carbonyl (C=O) groups excluding carboxylic acids is 2. The Bertz CT molecular complexity index is 1630. The van der Waals surface area contributed by atoms with Gasteiger partial charge in [0.15, 0.2) is 17.2 Å². The van der Waals surface area contributed by atoms with Gasteiger partial charge in [-0.1, -0.05) is 41.4 Å². The van der Waals surface area contributed by atoms with Crippen LogP contribution in [-0.2, 0) is 30.0 Å². The van der Waals surface area contributed by atoms with Gasteiger partial charge in [0.05, 0.1) is 32.3 Å². The van der Waals surface area contributed by atoms with Crippen LogP contribution < -0.4 is 10.1 Å². The summed E-state index contributed by atoms with van der Waals surface area (Å²) < 4.78 is 44.2. The molecule has 1 aliphatic heterocycles. The first-order chi connectivity index (χ1) is 20.7. The van der Waals surface area contributed by atoms with Crippen molar-refractivity contribution in [3.05, 3.63) is 67.4 Å². The van der Waals surface area contributed by atoms with Crippen molar-refractivity contribution in [3.63, 3.8) is 0 Å². The highest BCUT2D eigenvalue weighted by Crippen LogP contribution is 2.46. The summed E-state index contributed by atoms with van der Waals surface area (Å²) in [5.41, 5.74) is 1.57. The number of hydrogen-bond donors (Lipinski definition) is 1. The lowest BCUT2D eigenvalue weighted by Crippen LogP contribution is -2.42. The third-order valence-corrected chi connectivity index (χ3v) is 11.4. The van der Waals surface area contributed by atoms with E-state index < -0.39 is 27.6 Å². The quantitative estimate of drug-likeness (QED) is 0.214. The van der Waals surface area contributed by atoms with Crippen LogP contribution in [0.3, 0.4) is 0 Å². The Balaban J connectivity index is 1.43. The maximum absolute atomic E-state index is 13.1. The van der Waals surface area contributed by atoms with E-state index in [0.29, 0.717) is 46.0 Å². The number of nitrogens with one attached hydrogen (secondary N) is 1. The third-order valence-electron chi connectivity index (χ3n) is 6.61. The highest BCUT2D eigenvalue weighted by Gasteiger charge is 2.29. The molecule has 14 heteroatoms. The van der Waals surface area contributed by atoms with Crippen molar-refractivity contribution in [1.29, 1.82) is 0 Å². The number of hydrogen-bond acceptors (Lipinski definition) is 9. The molecule has 0 spiro atoms. The monoisotopic (exact) mass is 746 g/mol. The zero-order valence-electron chi connectivity index (χ0n) is 24.6. The van der Waals surface area contributed by atoms with Gasteiger partial charge < -0.3 is 19.5 Å². The van der Waals surface area contributed by atoms with Crippen molar-refractivity contribution in [3.8, 4) is 16.2 Å². The summed E-state index contributed by atoms with van der Waals surface area (Å²) >= 11 is 16.8. The normalized spacial score (nSPS) is 14.7. The summed E-state index contributed by atoms with van der Waals surface area (Å²) in [6.45, 7) is 5.68. The first-order valence-electron chi connectivity index (χ1n) is 13.7. The Morgan fingerprint density at radius 2 is 1.80 bits per heavy atom. The second-order valence-electron chi connectivity index (χ2n) is 11.2. The number of sulfonamides is 1. The van der Waals surface area contributed by atoms with E-state index in [9.17, 15) is 18.0 Å². The van der Waals surface area contributed by atoms with Gasteiger partial charge in [-0.3, -0.25) is 0 Å². The maximum atomic E-state index is 13.1. The Morgan fingerprint density at radius 3 is 2.43 bits per heavy atom. The Morgan fingerprint density at radius 1 is 1.09 bits per heavy atom. The van der Waals surface area contributed by atoms with Gasteiger partial charge in [-0.2, -0.15) is 0 Å². The fourth-order valence-electron chi connectivity index (χ4n) is 4.64. The number of ether oxygens (including phenoxy) is 3. The molecule has 44 heavy (non-hydrogen) atoms. The van der Waals surface area contributed by atoms with Gasteiger partial charge in [-0.25, -0.2) is 22.3 Å². The van der Waals surface area contributed by atoms with Crippen molar-refractivity contribution < 1.29 is 32.2 Å². The van der Waals surface area contributed by atoms with E-state index in [0.717, 1.165) is 16.1 Å². The van der Waals surface area contributed by atoms with Gasteiger partial charge in [0.1, 0.15) is 5.60 Å². The van der Waals surface area contributed by atoms with E-state index in [-0.39, 0.29) is 29.0 Å². The highest BCUT2D eigenvalue weighted by atomic mass is 79.9. The molecule has 0 unspecified atom stereocenters. The fraction of sp³-hybridized carbons (Fsp3) is 0.400. The zero-order valence-corrected chi connectivity index (χ0v) is 29.3. The van der Waals surface area contributed by atoms with Gasteiger partial charge in [-0.15, -0.1) is 11.3 Å². The molecule has 1 saturated heterocycles.